The standard InChI is InChI=1S/C9H16O/c1-2-8-5-3-4-6-9(10)7-8/h8H,2-7H2,1H3/t8-/m0/s1. The van der Waals surface area contributed by atoms with E-state index < -0.39 is 0 Å². The van der Waals surface area contributed by atoms with Crippen LogP contribution in [0.2, 0.25) is 0 Å². The molecule has 1 aliphatic rings. The fourth-order valence-corrected chi connectivity index (χ4v) is 1.63. The van der Waals surface area contributed by atoms with E-state index in [2.05, 4.69) is 6.92 Å². The number of carbonyl (C=O) groups excluding carboxylic acids is 1. The Labute approximate surface area is 62.8 Å². The lowest BCUT2D eigenvalue weighted by Gasteiger charge is -2.07. The Kier molecular flexibility index (Phi) is 2.91. The summed E-state index contributed by atoms with van der Waals surface area (Å²) in [7, 11) is 0. The number of hydrogen-bond acceptors (Lipinski definition) is 1. The van der Waals surface area contributed by atoms with Gasteiger partial charge in [-0.2, -0.15) is 0 Å². The van der Waals surface area contributed by atoms with Crippen molar-refractivity contribution >= 4 is 5.78 Å². The molecule has 0 aliphatic heterocycles. The van der Waals surface area contributed by atoms with E-state index in [1.807, 2.05) is 0 Å². The zero-order chi connectivity index (χ0) is 7.40. The largest absolute Gasteiger partial charge is 0.300 e. The Morgan fingerprint density at radius 3 is 3.00 bits per heavy atom. The van der Waals surface area contributed by atoms with Crippen molar-refractivity contribution in [2.45, 2.75) is 45.4 Å². The van der Waals surface area contributed by atoms with Crippen LogP contribution in [-0.4, -0.2) is 5.78 Å². The topological polar surface area (TPSA) is 17.1 Å². The Morgan fingerprint density at radius 1 is 1.50 bits per heavy atom. The molecule has 0 aromatic rings. The van der Waals surface area contributed by atoms with Gasteiger partial charge in [0.1, 0.15) is 5.78 Å². The Bertz CT molecular complexity index is 118. The van der Waals surface area contributed by atoms with Crippen LogP contribution < -0.4 is 0 Å². The zero-order valence-electron chi connectivity index (χ0n) is 6.73. The maximum atomic E-state index is 11.1. The Morgan fingerprint density at radius 2 is 2.30 bits per heavy atom. The number of carbonyl (C=O) groups is 1. The van der Waals surface area contributed by atoms with E-state index in [0.717, 1.165) is 19.3 Å². The highest BCUT2D eigenvalue weighted by Gasteiger charge is 2.15. The van der Waals surface area contributed by atoms with E-state index in [0.29, 0.717) is 11.7 Å². The summed E-state index contributed by atoms with van der Waals surface area (Å²) in [5, 5.41) is 0. The third kappa shape index (κ3) is 2.13. The number of hydrogen-bond donors (Lipinski definition) is 0. The summed E-state index contributed by atoms with van der Waals surface area (Å²) < 4.78 is 0. The lowest BCUT2D eigenvalue weighted by molar-refractivity contribution is -0.119. The summed E-state index contributed by atoms with van der Waals surface area (Å²) in [4.78, 5) is 11.1. The number of Topliss-reactive ketones (excluding diaryl/α,β-unsaturated/α-hetero) is 1. The van der Waals surface area contributed by atoms with Crippen LogP contribution in [0.4, 0.5) is 0 Å². The predicted molar refractivity (Wildman–Crippen MR) is 41.9 cm³/mol. The van der Waals surface area contributed by atoms with Crippen LogP contribution in [0, 0.1) is 5.92 Å². The molecule has 0 bridgehead atoms. The summed E-state index contributed by atoms with van der Waals surface area (Å²) in [5.74, 6) is 1.19. The molecule has 0 radical (unpaired) electrons. The lowest BCUT2D eigenvalue weighted by atomic mass is 9.97. The van der Waals surface area contributed by atoms with Crippen molar-refractivity contribution in [1.82, 2.24) is 0 Å². The molecule has 1 fully saturated rings. The first-order valence-electron chi connectivity index (χ1n) is 4.34. The molecule has 1 saturated carbocycles. The van der Waals surface area contributed by atoms with E-state index >= 15 is 0 Å². The molecule has 10 heavy (non-hydrogen) atoms. The van der Waals surface area contributed by atoms with E-state index in [1.54, 1.807) is 0 Å². The van der Waals surface area contributed by atoms with Gasteiger partial charge in [0.25, 0.3) is 0 Å². The molecule has 58 valence electrons. The minimum absolute atomic E-state index is 0.490. The molecule has 0 unspecified atom stereocenters. The molecule has 1 nitrogen and oxygen atoms in total. The minimum Gasteiger partial charge on any atom is -0.300 e. The molecule has 1 rings (SSSR count). The third-order valence-electron chi connectivity index (χ3n) is 2.41. The Hall–Kier alpha value is -0.330. The van der Waals surface area contributed by atoms with Crippen LogP contribution in [0.15, 0.2) is 0 Å². The summed E-state index contributed by atoms with van der Waals surface area (Å²) in [5.41, 5.74) is 0. The molecule has 1 heteroatoms. The highest BCUT2D eigenvalue weighted by molar-refractivity contribution is 5.78. The highest BCUT2D eigenvalue weighted by atomic mass is 16.1. The first kappa shape index (κ1) is 7.77. The molecule has 1 atom stereocenters. The van der Waals surface area contributed by atoms with E-state index in [-0.39, 0.29) is 0 Å². The fraction of sp³-hybridized carbons (Fsp3) is 0.889. The van der Waals surface area contributed by atoms with Crippen LogP contribution in [0.5, 0.6) is 0 Å². The molecule has 0 aromatic carbocycles. The molecule has 0 N–H and O–H groups in total. The Balaban J connectivity index is 2.38. The van der Waals surface area contributed by atoms with Gasteiger partial charge in [-0.15, -0.1) is 0 Å². The molecule has 1 aliphatic carbocycles. The molecule has 0 saturated heterocycles. The molecule has 0 amide bonds. The van der Waals surface area contributed by atoms with Crippen molar-refractivity contribution in [3.8, 4) is 0 Å². The second-order valence-electron chi connectivity index (χ2n) is 3.26. The summed E-state index contributed by atoms with van der Waals surface area (Å²) in [6, 6.07) is 0. The smallest absolute Gasteiger partial charge is 0.133 e. The van der Waals surface area contributed by atoms with Crippen LogP contribution in [0.3, 0.4) is 0 Å². The van der Waals surface area contributed by atoms with Crippen LogP contribution in [0.1, 0.15) is 45.4 Å². The maximum absolute atomic E-state index is 11.1. The van der Waals surface area contributed by atoms with Gasteiger partial charge in [0.05, 0.1) is 0 Å². The molecule has 0 aromatic heterocycles. The van der Waals surface area contributed by atoms with Gasteiger partial charge in [-0.25, -0.2) is 0 Å². The van der Waals surface area contributed by atoms with E-state index in [9.17, 15) is 4.79 Å². The SMILES string of the molecule is CC[C@H]1CCCCC(=O)C1. The van der Waals surface area contributed by atoms with Crippen LogP contribution >= 0.6 is 0 Å². The van der Waals surface area contributed by atoms with Crippen molar-refractivity contribution in [2.24, 2.45) is 5.92 Å². The van der Waals surface area contributed by atoms with Gasteiger partial charge in [0.15, 0.2) is 0 Å². The normalized spacial score (nSPS) is 28.1. The number of ketones is 1. The molecule has 0 spiro atoms. The number of rotatable bonds is 1. The first-order chi connectivity index (χ1) is 4.83. The van der Waals surface area contributed by atoms with Crippen LogP contribution in [0.25, 0.3) is 0 Å². The zero-order valence-corrected chi connectivity index (χ0v) is 6.73. The van der Waals surface area contributed by atoms with Crippen molar-refractivity contribution in [1.29, 1.82) is 0 Å². The molecule has 0 heterocycles. The van der Waals surface area contributed by atoms with E-state index in [4.69, 9.17) is 0 Å². The van der Waals surface area contributed by atoms with Crippen molar-refractivity contribution < 1.29 is 4.79 Å². The molecular weight excluding hydrogens is 124 g/mol. The van der Waals surface area contributed by atoms with Gasteiger partial charge >= 0.3 is 0 Å². The van der Waals surface area contributed by atoms with Gasteiger partial charge in [-0.05, 0) is 12.3 Å². The predicted octanol–water partition coefficient (Wildman–Crippen LogP) is 2.55. The van der Waals surface area contributed by atoms with Gasteiger partial charge in [0, 0.05) is 12.8 Å². The average molecular weight is 140 g/mol. The van der Waals surface area contributed by atoms with E-state index in [1.165, 1.54) is 19.3 Å². The third-order valence-corrected chi connectivity index (χ3v) is 2.41. The van der Waals surface area contributed by atoms with Gasteiger partial charge < -0.3 is 0 Å². The monoisotopic (exact) mass is 140 g/mol. The van der Waals surface area contributed by atoms with Gasteiger partial charge in [-0.3, -0.25) is 4.79 Å². The van der Waals surface area contributed by atoms with Gasteiger partial charge in [0.2, 0.25) is 0 Å². The van der Waals surface area contributed by atoms with Crippen molar-refractivity contribution in [2.75, 3.05) is 0 Å². The second-order valence-corrected chi connectivity index (χ2v) is 3.26. The summed E-state index contributed by atoms with van der Waals surface area (Å²) in [6.45, 7) is 2.18. The maximum Gasteiger partial charge on any atom is 0.133 e. The first-order valence-corrected chi connectivity index (χ1v) is 4.34. The summed E-state index contributed by atoms with van der Waals surface area (Å²) in [6.07, 6.45) is 6.57. The molecular formula is C9H16O. The average Bonchev–Trinajstić information content (AvgIpc) is 2.13. The summed E-state index contributed by atoms with van der Waals surface area (Å²) >= 11 is 0. The minimum atomic E-state index is 0.490. The van der Waals surface area contributed by atoms with Crippen LogP contribution in [-0.2, 0) is 4.79 Å². The van der Waals surface area contributed by atoms with Crippen molar-refractivity contribution in [3.63, 3.8) is 0 Å². The van der Waals surface area contributed by atoms with Crippen molar-refractivity contribution in [3.05, 3.63) is 0 Å². The van der Waals surface area contributed by atoms with Gasteiger partial charge in [-0.1, -0.05) is 26.2 Å². The second kappa shape index (κ2) is 3.75. The quantitative estimate of drug-likeness (QED) is 0.511. The fourth-order valence-electron chi connectivity index (χ4n) is 1.63. The highest BCUT2D eigenvalue weighted by Crippen LogP contribution is 2.22. The lowest BCUT2D eigenvalue weighted by Crippen LogP contribution is -2.03.